The quantitative estimate of drug-likeness (QED) is 0.666. The van der Waals surface area contributed by atoms with Crippen molar-refractivity contribution in [2.24, 2.45) is 5.14 Å². The van der Waals surface area contributed by atoms with Crippen LogP contribution >= 0.6 is 11.6 Å². The van der Waals surface area contributed by atoms with Crippen LogP contribution in [0.3, 0.4) is 0 Å². The Bertz CT molecular complexity index is 1120. The minimum Gasteiger partial charge on any atom is -0.231 e. The molecule has 10 heteroatoms. The van der Waals surface area contributed by atoms with Crippen molar-refractivity contribution in [1.82, 2.24) is 9.78 Å². The lowest BCUT2D eigenvalue weighted by Gasteiger charge is -2.12. The van der Waals surface area contributed by atoms with E-state index >= 15 is 0 Å². The van der Waals surface area contributed by atoms with Gasteiger partial charge in [-0.2, -0.15) is 18.3 Å². The molecule has 2 aromatic carbocycles. The summed E-state index contributed by atoms with van der Waals surface area (Å²) in [6, 6.07) is 11.7. The average Bonchev–Trinajstić information content (AvgIpc) is 3.01. The number of nitrogens with zero attached hydrogens (tertiary/aromatic N) is 2. The van der Waals surface area contributed by atoms with Crippen molar-refractivity contribution in [3.63, 3.8) is 0 Å². The number of hydrogen-bond donors (Lipinski definition) is 1. The molecule has 5 nitrogen and oxygen atoms in total. The molecule has 0 radical (unpaired) electrons. The molecule has 0 amide bonds. The van der Waals surface area contributed by atoms with Gasteiger partial charge in [-0.1, -0.05) is 42.8 Å². The lowest BCUT2D eigenvalue weighted by atomic mass is 10.0. The van der Waals surface area contributed by atoms with Crippen molar-refractivity contribution in [3.05, 3.63) is 64.8 Å². The molecule has 0 saturated heterocycles. The van der Waals surface area contributed by atoms with Crippen LogP contribution in [0.15, 0.2) is 53.4 Å². The van der Waals surface area contributed by atoms with E-state index in [0.717, 1.165) is 4.68 Å². The number of hydrogen-bond acceptors (Lipinski definition) is 3. The van der Waals surface area contributed by atoms with E-state index in [4.69, 9.17) is 16.7 Å². The summed E-state index contributed by atoms with van der Waals surface area (Å²) in [5, 5.41) is 9.40. The van der Waals surface area contributed by atoms with Gasteiger partial charge >= 0.3 is 6.18 Å². The van der Waals surface area contributed by atoms with Gasteiger partial charge in [0.25, 0.3) is 0 Å². The maximum atomic E-state index is 13.6. The molecular weight excluding hydrogens is 415 g/mol. The fourth-order valence-corrected chi connectivity index (χ4v) is 3.80. The first-order chi connectivity index (χ1) is 13.0. The van der Waals surface area contributed by atoms with Gasteiger partial charge in [0.1, 0.15) is 4.90 Å². The first-order valence-corrected chi connectivity index (χ1v) is 10.0. The van der Waals surface area contributed by atoms with E-state index in [-0.39, 0.29) is 28.3 Å². The van der Waals surface area contributed by atoms with Crippen LogP contribution in [0.25, 0.3) is 16.9 Å². The van der Waals surface area contributed by atoms with E-state index < -0.39 is 21.9 Å². The molecule has 3 aromatic rings. The number of nitrogens with two attached hydrogens (primary N) is 1. The molecular formula is C18H15ClF3N3O2S. The van der Waals surface area contributed by atoms with Gasteiger partial charge in [-0.25, -0.2) is 18.2 Å². The van der Waals surface area contributed by atoms with Gasteiger partial charge < -0.3 is 0 Å². The Hall–Kier alpha value is -2.36. The molecule has 0 fully saturated rings. The summed E-state index contributed by atoms with van der Waals surface area (Å²) in [4.78, 5) is -0.330. The molecule has 0 aliphatic carbocycles. The van der Waals surface area contributed by atoms with Crippen molar-refractivity contribution in [3.8, 4) is 16.9 Å². The van der Waals surface area contributed by atoms with Crippen LogP contribution in [0.4, 0.5) is 13.2 Å². The third-order valence-corrected chi connectivity index (χ3v) is 5.33. The lowest BCUT2D eigenvalue weighted by molar-refractivity contribution is -0.141. The zero-order chi connectivity index (χ0) is 20.7. The van der Waals surface area contributed by atoms with E-state index in [1.165, 1.54) is 36.4 Å². The van der Waals surface area contributed by atoms with Crippen LogP contribution in [0.2, 0.25) is 5.02 Å². The Morgan fingerprint density at radius 1 is 1.11 bits per heavy atom. The molecule has 0 aliphatic heterocycles. The fourth-order valence-electron chi connectivity index (χ4n) is 2.96. The Morgan fingerprint density at radius 2 is 1.71 bits per heavy atom. The highest BCUT2D eigenvalue weighted by atomic mass is 35.5. The van der Waals surface area contributed by atoms with Crippen molar-refractivity contribution < 1.29 is 21.6 Å². The van der Waals surface area contributed by atoms with Gasteiger partial charge in [-0.3, -0.25) is 0 Å². The van der Waals surface area contributed by atoms with Crippen molar-refractivity contribution in [2.45, 2.75) is 24.4 Å². The Morgan fingerprint density at radius 3 is 2.25 bits per heavy atom. The second-order valence-corrected chi connectivity index (χ2v) is 7.92. The highest BCUT2D eigenvalue weighted by Gasteiger charge is 2.39. The van der Waals surface area contributed by atoms with Gasteiger partial charge in [-0.05, 0) is 30.7 Å². The third-order valence-electron chi connectivity index (χ3n) is 4.12. The second kappa shape index (κ2) is 7.23. The first kappa shape index (κ1) is 20.4. The summed E-state index contributed by atoms with van der Waals surface area (Å²) < 4.78 is 65.8. The summed E-state index contributed by atoms with van der Waals surface area (Å²) in [6.07, 6.45) is -4.68. The van der Waals surface area contributed by atoms with Gasteiger partial charge in [-0.15, -0.1) is 0 Å². The number of sulfonamides is 1. The minimum absolute atomic E-state index is 0.0321. The maximum Gasteiger partial charge on any atom is 0.435 e. The molecule has 0 bridgehead atoms. The monoisotopic (exact) mass is 429 g/mol. The number of benzene rings is 2. The van der Waals surface area contributed by atoms with E-state index in [0.29, 0.717) is 10.6 Å². The minimum atomic E-state index is -4.71. The molecule has 0 spiro atoms. The molecule has 0 atom stereocenters. The van der Waals surface area contributed by atoms with E-state index in [1.54, 1.807) is 19.1 Å². The summed E-state index contributed by atoms with van der Waals surface area (Å²) in [5.41, 5.74) is -0.667. The van der Waals surface area contributed by atoms with Gasteiger partial charge in [0.15, 0.2) is 5.69 Å². The molecule has 1 heterocycles. The summed E-state index contributed by atoms with van der Waals surface area (Å²) >= 11 is 5.89. The van der Waals surface area contributed by atoms with E-state index in [9.17, 15) is 21.6 Å². The molecule has 3 rings (SSSR count). The smallest absolute Gasteiger partial charge is 0.231 e. The highest BCUT2D eigenvalue weighted by molar-refractivity contribution is 7.89. The summed E-state index contributed by atoms with van der Waals surface area (Å²) in [6.45, 7) is 1.57. The first-order valence-electron chi connectivity index (χ1n) is 8.11. The van der Waals surface area contributed by atoms with Crippen LogP contribution in [-0.2, 0) is 22.6 Å². The number of alkyl halides is 3. The second-order valence-electron chi connectivity index (χ2n) is 5.96. The highest BCUT2D eigenvalue weighted by Crippen LogP contribution is 2.39. The van der Waals surface area contributed by atoms with Crippen LogP contribution in [-0.4, -0.2) is 18.2 Å². The molecule has 0 unspecified atom stereocenters. The molecule has 28 heavy (non-hydrogen) atoms. The SMILES string of the molecule is CCc1c(C(F)(F)F)nn(-c2ccccc2S(N)(=O)=O)c1-c1ccc(Cl)cc1. The van der Waals surface area contributed by atoms with Gasteiger partial charge in [0, 0.05) is 16.1 Å². The van der Waals surface area contributed by atoms with E-state index in [2.05, 4.69) is 5.10 Å². The van der Waals surface area contributed by atoms with Gasteiger partial charge in [0.2, 0.25) is 10.0 Å². The summed E-state index contributed by atoms with van der Waals surface area (Å²) in [7, 11) is -4.20. The molecule has 1 aromatic heterocycles. The zero-order valence-corrected chi connectivity index (χ0v) is 16.1. The maximum absolute atomic E-state index is 13.6. The predicted octanol–water partition coefficient (Wildman–Crippen LogP) is 4.42. The number of para-hydroxylation sites is 1. The Labute approximate surface area is 164 Å². The van der Waals surface area contributed by atoms with Crippen molar-refractivity contribution >= 4 is 21.6 Å². The standard InChI is InChI=1S/C18H15ClF3N3O2S/c1-2-13-16(11-7-9-12(19)10-8-11)25(24-17(13)18(20,21)22)14-5-3-4-6-15(14)28(23,26)27/h3-10H,2H2,1H3,(H2,23,26,27). The zero-order valence-electron chi connectivity index (χ0n) is 14.5. The Balaban J connectivity index is 2.43. The third kappa shape index (κ3) is 3.78. The average molecular weight is 430 g/mol. The topological polar surface area (TPSA) is 78.0 Å². The number of aromatic nitrogens is 2. The fraction of sp³-hybridized carbons (Fsp3) is 0.167. The van der Waals surface area contributed by atoms with Crippen LogP contribution in [0.5, 0.6) is 0 Å². The normalized spacial score (nSPS) is 12.4. The van der Waals surface area contributed by atoms with Crippen LogP contribution in [0, 0.1) is 0 Å². The van der Waals surface area contributed by atoms with Crippen LogP contribution < -0.4 is 5.14 Å². The number of primary sulfonamides is 1. The van der Waals surface area contributed by atoms with Crippen molar-refractivity contribution in [2.75, 3.05) is 0 Å². The van der Waals surface area contributed by atoms with E-state index in [1.807, 2.05) is 0 Å². The Kier molecular flexibility index (Phi) is 5.26. The predicted molar refractivity (Wildman–Crippen MR) is 99.8 cm³/mol. The molecule has 148 valence electrons. The molecule has 2 N–H and O–H groups in total. The van der Waals surface area contributed by atoms with Gasteiger partial charge in [0.05, 0.1) is 11.4 Å². The van der Waals surface area contributed by atoms with Crippen molar-refractivity contribution in [1.29, 1.82) is 0 Å². The molecule has 0 saturated carbocycles. The van der Waals surface area contributed by atoms with Crippen LogP contribution in [0.1, 0.15) is 18.2 Å². The number of halogens is 4. The summed E-state index contributed by atoms with van der Waals surface area (Å²) in [5.74, 6) is 0. The number of rotatable bonds is 4. The largest absolute Gasteiger partial charge is 0.435 e. The molecule has 0 aliphatic rings. The lowest BCUT2D eigenvalue weighted by Crippen LogP contribution is -2.16.